The molecule has 0 aromatic carbocycles. The molecular formula is C15H25N3O2S. The third kappa shape index (κ3) is 3.55. The number of aryl methyl sites for hydroxylation is 1. The molecule has 1 heterocycles. The summed E-state index contributed by atoms with van der Waals surface area (Å²) in [6.45, 7) is 7.45. The predicted molar refractivity (Wildman–Crippen MR) is 86.1 cm³/mol. The second kappa shape index (κ2) is 6.32. The fraction of sp³-hybridized carbons (Fsp3) is 0.733. The van der Waals surface area contributed by atoms with Gasteiger partial charge in [-0.15, -0.1) is 11.3 Å². The van der Waals surface area contributed by atoms with Crippen LogP contribution < -0.4 is 5.32 Å². The minimum Gasteiger partial charge on any atom is -0.465 e. The summed E-state index contributed by atoms with van der Waals surface area (Å²) < 4.78 is 5.14. The molecule has 0 saturated carbocycles. The lowest BCUT2D eigenvalue weighted by atomic mass is 10.1. The van der Waals surface area contributed by atoms with Crippen molar-refractivity contribution < 1.29 is 9.53 Å². The van der Waals surface area contributed by atoms with Gasteiger partial charge in [-0.25, -0.2) is 4.98 Å². The summed E-state index contributed by atoms with van der Waals surface area (Å²) in [5.41, 5.74) is 0.972. The number of aromatic nitrogens is 1. The number of ether oxygens (including phenoxy) is 1. The fourth-order valence-electron chi connectivity index (χ4n) is 2.23. The Bertz CT molecular complexity index is 511. The van der Waals surface area contributed by atoms with Crippen LogP contribution in [0, 0.1) is 0 Å². The molecule has 1 aromatic rings. The summed E-state index contributed by atoms with van der Waals surface area (Å²) in [5.74, 6) is -0.310. The molecule has 1 atom stereocenters. The first-order chi connectivity index (χ1) is 9.85. The third-order valence-corrected chi connectivity index (χ3v) is 5.26. The van der Waals surface area contributed by atoms with Crippen molar-refractivity contribution in [2.24, 2.45) is 0 Å². The number of thiazole rings is 1. The van der Waals surface area contributed by atoms with Gasteiger partial charge < -0.3 is 15.0 Å². The van der Waals surface area contributed by atoms with Crippen molar-refractivity contribution in [1.29, 1.82) is 0 Å². The Hall–Kier alpha value is -1.14. The van der Waals surface area contributed by atoms with E-state index in [1.807, 2.05) is 6.92 Å². The Kier molecular flexibility index (Phi) is 4.88. The molecule has 0 fully saturated rings. The summed E-state index contributed by atoms with van der Waals surface area (Å²) in [6.07, 6.45) is 1.76. The van der Waals surface area contributed by atoms with Crippen LogP contribution in [0.1, 0.15) is 43.7 Å². The summed E-state index contributed by atoms with van der Waals surface area (Å²) in [4.78, 5) is 20.0. The Morgan fingerprint density at radius 2 is 2.24 bits per heavy atom. The minimum absolute atomic E-state index is 0.0522. The zero-order chi connectivity index (χ0) is 15.6. The number of hydrogen-bond acceptors (Lipinski definition) is 6. The number of carbonyl (C=O) groups is 1. The Labute approximate surface area is 130 Å². The number of anilines is 1. The van der Waals surface area contributed by atoms with E-state index in [1.54, 1.807) is 11.3 Å². The first kappa shape index (κ1) is 16.2. The number of likely N-dealkylation sites (N-methyl/N-ethyl adjacent to an activating group) is 1. The topological polar surface area (TPSA) is 54.5 Å². The lowest BCUT2D eigenvalue weighted by Crippen LogP contribution is -2.44. The highest BCUT2D eigenvalue weighted by atomic mass is 32.1. The van der Waals surface area contributed by atoms with Crippen molar-refractivity contribution in [2.75, 3.05) is 32.6 Å². The second-order valence-electron chi connectivity index (χ2n) is 6.23. The predicted octanol–water partition coefficient (Wildman–Crippen LogP) is 2.49. The van der Waals surface area contributed by atoms with Crippen LogP contribution in [-0.4, -0.2) is 48.6 Å². The van der Waals surface area contributed by atoms with E-state index in [-0.39, 0.29) is 17.4 Å². The molecule has 0 bridgehead atoms. The molecule has 5 nitrogen and oxygen atoms in total. The van der Waals surface area contributed by atoms with E-state index < -0.39 is 0 Å². The van der Waals surface area contributed by atoms with Gasteiger partial charge in [0.1, 0.15) is 5.92 Å². The molecule has 1 N–H and O–H groups in total. The lowest BCUT2D eigenvalue weighted by Gasteiger charge is -2.32. The summed E-state index contributed by atoms with van der Waals surface area (Å²) in [5, 5.41) is 4.31. The number of carbonyl (C=O) groups excluding carboxylic acids is 1. The zero-order valence-corrected chi connectivity index (χ0v) is 14.3. The standard InChI is InChI=1S/C15H25N3O2S/c1-6-20-13(19)10-7-8-11-12(10)17-14(21-11)16-9-15(2,3)18(4)5/h10H,6-9H2,1-5H3,(H,16,17). The molecule has 1 unspecified atom stereocenters. The highest BCUT2D eigenvalue weighted by Gasteiger charge is 2.33. The zero-order valence-electron chi connectivity index (χ0n) is 13.5. The number of nitrogens with one attached hydrogen (secondary N) is 1. The maximum atomic E-state index is 11.9. The van der Waals surface area contributed by atoms with Gasteiger partial charge in [-0.1, -0.05) is 0 Å². The van der Waals surface area contributed by atoms with Crippen LogP contribution in [0.3, 0.4) is 0 Å². The molecule has 2 rings (SSSR count). The molecular weight excluding hydrogens is 286 g/mol. The van der Waals surface area contributed by atoms with Crippen molar-refractivity contribution in [3.05, 3.63) is 10.6 Å². The molecule has 0 radical (unpaired) electrons. The van der Waals surface area contributed by atoms with Crippen molar-refractivity contribution >= 4 is 22.4 Å². The van der Waals surface area contributed by atoms with Gasteiger partial charge in [0.25, 0.3) is 0 Å². The van der Waals surface area contributed by atoms with Crippen LogP contribution in [0.15, 0.2) is 0 Å². The van der Waals surface area contributed by atoms with Gasteiger partial charge in [0.15, 0.2) is 5.13 Å². The molecule has 0 amide bonds. The van der Waals surface area contributed by atoms with E-state index in [0.717, 1.165) is 30.2 Å². The molecule has 0 spiro atoms. The number of hydrogen-bond donors (Lipinski definition) is 1. The van der Waals surface area contributed by atoms with Crippen molar-refractivity contribution in [2.45, 2.75) is 45.1 Å². The fourth-order valence-corrected chi connectivity index (χ4v) is 3.26. The molecule has 21 heavy (non-hydrogen) atoms. The summed E-state index contributed by atoms with van der Waals surface area (Å²) in [6, 6.07) is 0. The number of esters is 1. The van der Waals surface area contributed by atoms with Crippen LogP contribution in [-0.2, 0) is 16.0 Å². The van der Waals surface area contributed by atoms with Crippen LogP contribution in [0.4, 0.5) is 5.13 Å². The number of nitrogens with zero attached hydrogens (tertiary/aromatic N) is 2. The SMILES string of the molecule is CCOC(=O)C1CCc2sc(NCC(C)(C)N(C)C)nc21. The van der Waals surface area contributed by atoms with Crippen molar-refractivity contribution in [3.63, 3.8) is 0 Å². The average molecular weight is 311 g/mol. The molecule has 0 saturated heterocycles. The van der Waals surface area contributed by atoms with E-state index in [4.69, 9.17) is 4.74 Å². The van der Waals surface area contributed by atoms with Gasteiger partial charge in [0.2, 0.25) is 0 Å². The van der Waals surface area contributed by atoms with Gasteiger partial charge in [-0.2, -0.15) is 0 Å². The smallest absolute Gasteiger partial charge is 0.315 e. The van der Waals surface area contributed by atoms with Gasteiger partial charge in [-0.05, 0) is 47.7 Å². The first-order valence-corrected chi connectivity index (χ1v) is 8.24. The summed E-state index contributed by atoms with van der Waals surface area (Å²) in [7, 11) is 4.14. The maximum Gasteiger partial charge on any atom is 0.315 e. The van der Waals surface area contributed by atoms with Gasteiger partial charge >= 0.3 is 5.97 Å². The Morgan fingerprint density at radius 3 is 2.86 bits per heavy atom. The van der Waals surface area contributed by atoms with Crippen LogP contribution >= 0.6 is 11.3 Å². The lowest BCUT2D eigenvalue weighted by molar-refractivity contribution is -0.145. The average Bonchev–Trinajstić information content (AvgIpc) is 2.95. The van der Waals surface area contributed by atoms with E-state index in [1.165, 1.54) is 4.88 Å². The van der Waals surface area contributed by atoms with Gasteiger partial charge in [-0.3, -0.25) is 4.79 Å². The molecule has 1 aliphatic carbocycles. The maximum absolute atomic E-state index is 11.9. The normalized spacial score (nSPS) is 17.9. The Balaban J connectivity index is 2.03. The third-order valence-electron chi connectivity index (χ3n) is 4.17. The molecule has 1 aromatic heterocycles. The molecule has 6 heteroatoms. The molecule has 118 valence electrons. The quantitative estimate of drug-likeness (QED) is 0.818. The van der Waals surface area contributed by atoms with E-state index in [0.29, 0.717) is 6.61 Å². The number of rotatable bonds is 6. The van der Waals surface area contributed by atoms with E-state index in [2.05, 4.69) is 43.1 Å². The van der Waals surface area contributed by atoms with Crippen molar-refractivity contribution in [3.8, 4) is 0 Å². The monoisotopic (exact) mass is 311 g/mol. The minimum atomic E-state index is -0.173. The highest BCUT2D eigenvalue weighted by molar-refractivity contribution is 7.15. The van der Waals surface area contributed by atoms with Crippen molar-refractivity contribution in [1.82, 2.24) is 9.88 Å². The first-order valence-electron chi connectivity index (χ1n) is 7.42. The summed E-state index contributed by atoms with van der Waals surface area (Å²) >= 11 is 1.67. The van der Waals surface area contributed by atoms with Gasteiger partial charge in [0, 0.05) is 17.0 Å². The van der Waals surface area contributed by atoms with Crippen LogP contribution in [0.5, 0.6) is 0 Å². The van der Waals surface area contributed by atoms with Crippen LogP contribution in [0.25, 0.3) is 0 Å². The largest absolute Gasteiger partial charge is 0.465 e. The van der Waals surface area contributed by atoms with Crippen LogP contribution in [0.2, 0.25) is 0 Å². The highest BCUT2D eigenvalue weighted by Crippen LogP contribution is 2.39. The van der Waals surface area contributed by atoms with Gasteiger partial charge in [0.05, 0.1) is 12.3 Å². The van der Waals surface area contributed by atoms with E-state index in [9.17, 15) is 4.79 Å². The second-order valence-corrected chi connectivity index (χ2v) is 7.31. The molecule has 1 aliphatic rings. The number of fused-ring (bicyclic) bond motifs is 1. The Morgan fingerprint density at radius 1 is 1.52 bits per heavy atom. The molecule has 0 aliphatic heterocycles. The van der Waals surface area contributed by atoms with E-state index >= 15 is 0 Å².